The molecule has 0 saturated carbocycles. The molecule has 0 spiro atoms. The van der Waals surface area contributed by atoms with Crippen molar-refractivity contribution in [1.29, 1.82) is 0 Å². The Morgan fingerprint density at radius 2 is 2.07 bits per heavy atom. The Balaban J connectivity index is 2.51. The Bertz CT molecular complexity index is 244. The van der Waals surface area contributed by atoms with Crippen LogP contribution in [-0.4, -0.2) is 47.5 Å². The van der Waals surface area contributed by atoms with Crippen LogP contribution in [-0.2, 0) is 4.79 Å². The van der Waals surface area contributed by atoms with Crippen molar-refractivity contribution in [3.8, 4) is 0 Å². The molecule has 1 N–H and O–H groups in total. The molecule has 14 heavy (non-hydrogen) atoms. The van der Waals surface area contributed by atoms with Gasteiger partial charge in [-0.05, 0) is 0 Å². The Hall–Kier alpha value is -0.850. The molecule has 0 radical (unpaired) electrons. The van der Waals surface area contributed by atoms with Gasteiger partial charge in [0.05, 0.1) is 13.1 Å². The lowest BCUT2D eigenvalue weighted by Crippen LogP contribution is -2.42. The summed E-state index contributed by atoms with van der Waals surface area (Å²) in [4.78, 5) is 10.8. The number of hydrogen-bond acceptors (Lipinski definition) is 2. The Morgan fingerprint density at radius 1 is 1.50 bits per heavy atom. The zero-order valence-corrected chi connectivity index (χ0v) is 7.14. The first-order valence-corrected chi connectivity index (χ1v) is 3.94. The first-order valence-electron chi connectivity index (χ1n) is 3.94. The monoisotopic (exact) mass is 215 g/mol. The van der Waals surface area contributed by atoms with E-state index in [1.807, 2.05) is 0 Å². The third-order valence-corrected chi connectivity index (χ3v) is 1.98. The summed E-state index contributed by atoms with van der Waals surface area (Å²) in [6, 6.07) is 0. The highest BCUT2D eigenvalue weighted by Crippen LogP contribution is 2.28. The summed E-state index contributed by atoms with van der Waals surface area (Å²) >= 11 is 0. The molecule has 0 aromatic heterocycles. The minimum atomic E-state index is -3.96. The molecule has 0 amide bonds. The molecule has 0 bridgehead atoms. The molecule has 0 aromatic rings. The van der Waals surface area contributed by atoms with E-state index in [0.29, 0.717) is 0 Å². The SMILES string of the molecule is O=C(O)C(F)(F)CN1CCC(F)(F)C1. The van der Waals surface area contributed by atoms with Crippen molar-refractivity contribution >= 4 is 5.97 Å². The molecule has 7 heteroatoms. The number of likely N-dealkylation sites (tertiary alicyclic amines) is 1. The fraction of sp³-hybridized carbons (Fsp3) is 0.857. The van der Waals surface area contributed by atoms with Crippen LogP contribution in [0.25, 0.3) is 0 Å². The van der Waals surface area contributed by atoms with E-state index in [9.17, 15) is 22.4 Å². The molecular weight excluding hydrogens is 206 g/mol. The van der Waals surface area contributed by atoms with Gasteiger partial charge in [-0.1, -0.05) is 0 Å². The van der Waals surface area contributed by atoms with E-state index in [1.54, 1.807) is 0 Å². The quantitative estimate of drug-likeness (QED) is 0.715. The van der Waals surface area contributed by atoms with Gasteiger partial charge in [0.25, 0.3) is 5.92 Å². The van der Waals surface area contributed by atoms with Gasteiger partial charge in [-0.2, -0.15) is 8.78 Å². The summed E-state index contributed by atoms with van der Waals surface area (Å²) in [5.74, 6) is -9.22. The van der Waals surface area contributed by atoms with Gasteiger partial charge in [0.2, 0.25) is 0 Å². The number of carboxylic acid groups (broad SMARTS) is 1. The third-order valence-electron chi connectivity index (χ3n) is 1.98. The van der Waals surface area contributed by atoms with Crippen LogP contribution < -0.4 is 0 Å². The number of rotatable bonds is 3. The van der Waals surface area contributed by atoms with E-state index < -0.39 is 37.3 Å². The van der Waals surface area contributed by atoms with E-state index in [-0.39, 0.29) is 6.54 Å². The largest absolute Gasteiger partial charge is 0.477 e. The van der Waals surface area contributed by atoms with Crippen molar-refractivity contribution < 1.29 is 27.5 Å². The van der Waals surface area contributed by atoms with E-state index in [0.717, 1.165) is 4.90 Å². The highest BCUT2D eigenvalue weighted by Gasteiger charge is 2.46. The molecule has 0 aromatic carbocycles. The predicted octanol–water partition coefficient (Wildman–Crippen LogP) is 1.05. The standard InChI is InChI=1S/C7H9F4NO2/c8-6(9)1-2-12(3-6)4-7(10,11)5(13)14/h1-4H2,(H,13,14). The summed E-state index contributed by atoms with van der Waals surface area (Å²) in [7, 11) is 0. The van der Waals surface area contributed by atoms with Crippen molar-refractivity contribution in [3.63, 3.8) is 0 Å². The summed E-state index contributed by atoms with van der Waals surface area (Å²) < 4.78 is 50.2. The second-order valence-electron chi connectivity index (χ2n) is 3.33. The van der Waals surface area contributed by atoms with Gasteiger partial charge in [-0.25, -0.2) is 13.6 Å². The van der Waals surface area contributed by atoms with Gasteiger partial charge < -0.3 is 5.11 Å². The van der Waals surface area contributed by atoms with Crippen LogP contribution in [0.3, 0.4) is 0 Å². The van der Waals surface area contributed by atoms with E-state index in [2.05, 4.69) is 0 Å². The number of carbonyl (C=O) groups is 1. The van der Waals surface area contributed by atoms with Crippen molar-refractivity contribution in [3.05, 3.63) is 0 Å². The maximum atomic E-state index is 12.6. The summed E-state index contributed by atoms with van der Waals surface area (Å²) in [6.07, 6.45) is -0.497. The molecular formula is C7H9F4NO2. The molecule has 1 rings (SSSR count). The number of nitrogens with zero attached hydrogens (tertiary/aromatic N) is 1. The van der Waals surface area contributed by atoms with Gasteiger partial charge in [0.1, 0.15) is 0 Å². The number of hydrogen-bond donors (Lipinski definition) is 1. The van der Waals surface area contributed by atoms with Gasteiger partial charge in [-0.3, -0.25) is 4.90 Å². The number of carboxylic acids is 1. The second kappa shape index (κ2) is 3.38. The van der Waals surface area contributed by atoms with Gasteiger partial charge in [0.15, 0.2) is 0 Å². The predicted molar refractivity (Wildman–Crippen MR) is 38.6 cm³/mol. The molecule has 3 nitrogen and oxygen atoms in total. The minimum Gasteiger partial charge on any atom is -0.477 e. The van der Waals surface area contributed by atoms with Crippen LogP contribution in [0.5, 0.6) is 0 Å². The molecule has 1 fully saturated rings. The Labute approximate surface area is 77.3 Å². The van der Waals surface area contributed by atoms with Crippen molar-refractivity contribution in [2.24, 2.45) is 0 Å². The van der Waals surface area contributed by atoms with Crippen molar-refractivity contribution in [2.75, 3.05) is 19.6 Å². The van der Waals surface area contributed by atoms with Crippen LogP contribution in [0.2, 0.25) is 0 Å². The normalized spacial score (nSPS) is 22.6. The lowest BCUT2D eigenvalue weighted by molar-refractivity contribution is -0.167. The van der Waals surface area contributed by atoms with Crippen LogP contribution in [0.1, 0.15) is 6.42 Å². The molecule has 1 aliphatic rings. The summed E-state index contributed by atoms with van der Waals surface area (Å²) in [5, 5.41) is 8.07. The number of halogens is 4. The van der Waals surface area contributed by atoms with Gasteiger partial charge in [0, 0.05) is 13.0 Å². The second-order valence-corrected chi connectivity index (χ2v) is 3.33. The highest BCUT2D eigenvalue weighted by atomic mass is 19.3. The first kappa shape index (κ1) is 11.2. The van der Waals surface area contributed by atoms with Crippen LogP contribution in [0.15, 0.2) is 0 Å². The van der Waals surface area contributed by atoms with Crippen molar-refractivity contribution in [1.82, 2.24) is 4.90 Å². The minimum absolute atomic E-state index is 0.199. The molecule has 1 aliphatic heterocycles. The topological polar surface area (TPSA) is 40.5 Å². The zero-order chi connectivity index (χ0) is 11.0. The van der Waals surface area contributed by atoms with E-state index >= 15 is 0 Å². The summed E-state index contributed by atoms with van der Waals surface area (Å²) in [6.45, 7) is -2.15. The van der Waals surface area contributed by atoms with E-state index in [1.165, 1.54) is 0 Å². The smallest absolute Gasteiger partial charge is 0.375 e. The molecule has 82 valence electrons. The average molecular weight is 215 g/mol. The lowest BCUT2D eigenvalue weighted by atomic mass is 10.3. The maximum Gasteiger partial charge on any atom is 0.375 e. The Kier molecular flexibility index (Phi) is 2.71. The Morgan fingerprint density at radius 3 is 2.43 bits per heavy atom. The van der Waals surface area contributed by atoms with Crippen molar-refractivity contribution in [2.45, 2.75) is 18.3 Å². The first-order chi connectivity index (χ1) is 6.23. The third kappa shape index (κ3) is 2.57. The number of aliphatic carboxylic acids is 1. The fourth-order valence-electron chi connectivity index (χ4n) is 1.29. The van der Waals surface area contributed by atoms with E-state index in [4.69, 9.17) is 5.11 Å². The molecule has 0 aliphatic carbocycles. The van der Waals surface area contributed by atoms with Crippen LogP contribution >= 0.6 is 0 Å². The highest BCUT2D eigenvalue weighted by molar-refractivity contribution is 5.75. The number of alkyl halides is 4. The summed E-state index contributed by atoms with van der Waals surface area (Å²) in [5.41, 5.74) is 0. The van der Waals surface area contributed by atoms with Crippen LogP contribution in [0.4, 0.5) is 17.6 Å². The fourth-order valence-corrected chi connectivity index (χ4v) is 1.29. The van der Waals surface area contributed by atoms with Gasteiger partial charge >= 0.3 is 11.9 Å². The maximum absolute atomic E-state index is 12.6. The molecule has 1 heterocycles. The van der Waals surface area contributed by atoms with Gasteiger partial charge in [-0.15, -0.1) is 0 Å². The molecule has 0 unspecified atom stereocenters. The molecule has 1 saturated heterocycles. The molecule has 0 atom stereocenters. The average Bonchev–Trinajstić information content (AvgIpc) is 2.28. The lowest BCUT2D eigenvalue weighted by Gasteiger charge is -2.19. The van der Waals surface area contributed by atoms with Crippen LogP contribution in [0, 0.1) is 0 Å². The zero-order valence-electron chi connectivity index (χ0n) is 7.14.